The molecule has 26 heavy (non-hydrogen) atoms. The minimum Gasteiger partial charge on any atom is -0.494 e. The summed E-state index contributed by atoms with van der Waals surface area (Å²) < 4.78 is 15.9. The SMILES string of the molecule is CCOC(=O)c1cccc(OC(=O)c2ccc(OCCC(C)C)cc2)c1. The summed E-state index contributed by atoms with van der Waals surface area (Å²) in [6, 6.07) is 13.1. The summed E-state index contributed by atoms with van der Waals surface area (Å²) in [5, 5.41) is 0. The Hall–Kier alpha value is -2.82. The Morgan fingerprint density at radius 1 is 0.923 bits per heavy atom. The van der Waals surface area contributed by atoms with Crippen molar-refractivity contribution in [3.8, 4) is 11.5 Å². The third-order valence-corrected chi connectivity index (χ3v) is 3.61. The molecule has 0 aromatic heterocycles. The molecule has 0 fully saturated rings. The van der Waals surface area contributed by atoms with Crippen molar-refractivity contribution in [1.29, 1.82) is 0 Å². The second kappa shape index (κ2) is 9.61. The fraction of sp³-hybridized carbons (Fsp3) is 0.333. The molecule has 0 radical (unpaired) electrons. The van der Waals surface area contributed by atoms with Crippen molar-refractivity contribution < 1.29 is 23.8 Å². The highest BCUT2D eigenvalue weighted by Crippen LogP contribution is 2.18. The van der Waals surface area contributed by atoms with Gasteiger partial charge in [-0.1, -0.05) is 19.9 Å². The zero-order valence-corrected chi connectivity index (χ0v) is 15.4. The molecule has 2 rings (SSSR count). The minimum atomic E-state index is -0.500. The number of hydrogen-bond acceptors (Lipinski definition) is 5. The van der Waals surface area contributed by atoms with Gasteiger partial charge < -0.3 is 14.2 Å². The highest BCUT2D eigenvalue weighted by molar-refractivity contribution is 5.92. The Labute approximate surface area is 153 Å². The largest absolute Gasteiger partial charge is 0.494 e. The van der Waals surface area contributed by atoms with Crippen LogP contribution in [0.4, 0.5) is 0 Å². The highest BCUT2D eigenvalue weighted by Gasteiger charge is 2.12. The van der Waals surface area contributed by atoms with Crippen molar-refractivity contribution in [3.05, 3.63) is 59.7 Å². The standard InChI is InChI=1S/C21H24O5/c1-4-24-20(22)17-6-5-7-19(14-17)26-21(23)16-8-10-18(11-9-16)25-13-12-15(2)3/h5-11,14-15H,4,12-13H2,1-3H3. The Kier molecular flexibility index (Phi) is 7.21. The van der Waals surface area contributed by atoms with Gasteiger partial charge in [-0.15, -0.1) is 0 Å². The van der Waals surface area contributed by atoms with Gasteiger partial charge in [-0.2, -0.15) is 0 Å². The lowest BCUT2D eigenvalue weighted by molar-refractivity contribution is 0.0524. The van der Waals surface area contributed by atoms with E-state index in [1.165, 1.54) is 6.07 Å². The van der Waals surface area contributed by atoms with Crippen LogP contribution in [0.15, 0.2) is 48.5 Å². The lowest BCUT2D eigenvalue weighted by Gasteiger charge is -2.09. The van der Waals surface area contributed by atoms with E-state index in [4.69, 9.17) is 14.2 Å². The van der Waals surface area contributed by atoms with Crippen molar-refractivity contribution in [1.82, 2.24) is 0 Å². The van der Waals surface area contributed by atoms with Gasteiger partial charge in [0.25, 0.3) is 0 Å². The zero-order valence-electron chi connectivity index (χ0n) is 15.4. The van der Waals surface area contributed by atoms with Gasteiger partial charge in [0.2, 0.25) is 0 Å². The first-order valence-corrected chi connectivity index (χ1v) is 8.71. The van der Waals surface area contributed by atoms with Crippen LogP contribution in [0.25, 0.3) is 0 Å². The average molecular weight is 356 g/mol. The molecule has 0 bridgehead atoms. The van der Waals surface area contributed by atoms with E-state index in [0.717, 1.165) is 6.42 Å². The van der Waals surface area contributed by atoms with Crippen molar-refractivity contribution in [3.63, 3.8) is 0 Å². The van der Waals surface area contributed by atoms with E-state index in [1.807, 2.05) is 0 Å². The highest BCUT2D eigenvalue weighted by atomic mass is 16.5. The van der Waals surface area contributed by atoms with Crippen LogP contribution in [0.3, 0.4) is 0 Å². The summed E-state index contributed by atoms with van der Waals surface area (Å²) in [6.07, 6.45) is 0.973. The molecule has 0 atom stereocenters. The predicted molar refractivity (Wildman–Crippen MR) is 98.7 cm³/mol. The normalized spacial score (nSPS) is 10.5. The lowest BCUT2D eigenvalue weighted by Crippen LogP contribution is -2.10. The van der Waals surface area contributed by atoms with E-state index in [9.17, 15) is 9.59 Å². The first-order chi connectivity index (χ1) is 12.5. The maximum Gasteiger partial charge on any atom is 0.343 e. The van der Waals surface area contributed by atoms with Crippen molar-refractivity contribution >= 4 is 11.9 Å². The molecule has 0 unspecified atom stereocenters. The van der Waals surface area contributed by atoms with E-state index >= 15 is 0 Å². The fourth-order valence-electron chi connectivity index (χ4n) is 2.17. The van der Waals surface area contributed by atoms with E-state index in [2.05, 4.69) is 13.8 Å². The Morgan fingerprint density at radius 2 is 1.65 bits per heavy atom. The monoisotopic (exact) mass is 356 g/mol. The Morgan fingerprint density at radius 3 is 2.31 bits per heavy atom. The van der Waals surface area contributed by atoms with Crippen LogP contribution in [0.1, 0.15) is 47.9 Å². The second-order valence-electron chi connectivity index (χ2n) is 6.19. The van der Waals surface area contributed by atoms with E-state index < -0.39 is 11.9 Å². The van der Waals surface area contributed by atoms with Gasteiger partial charge in [-0.05, 0) is 61.7 Å². The molecule has 0 saturated heterocycles. The van der Waals surface area contributed by atoms with Crippen LogP contribution in [0, 0.1) is 5.92 Å². The van der Waals surface area contributed by atoms with Gasteiger partial charge in [-0.3, -0.25) is 0 Å². The quantitative estimate of drug-likeness (QED) is 0.514. The van der Waals surface area contributed by atoms with E-state index in [1.54, 1.807) is 49.4 Å². The average Bonchev–Trinajstić information content (AvgIpc) is 2.62. The molecule has 2 aromatic rings. The van der Waals surface area contributed by atoms with Gasteiger partial charge in [-0.25, -0.2) is 9.59 Å². The van der Waals surface area contributed by atoms with Crippen LogP contribution in [0.5, 0.6) is 11.5 Å². The smallest absolute Gasteiger partial charge is 0.343 e. The number of rotatable bonds is 8. The molecule has 0 N–H and O–H groups in total. The van der Waals surface area contributed by atoms with E-state index in [-0.39, 0.29) is 12.4 Å². The van der Waals surface area contributed by atoms with Crippen molar-refractivity contribution in [2.75, 3.05) is 13.2 Å². The first kappa shape index (κ1) is 19.5. The molecule has 0 saturated carbocycles. The van der Waals surface area contributed by atoms with Crippen LogP contribution in [0.2, 0.25) is 0 Å². The molecular weight excluding hydrogens is 332 g/mol. The molecular formula is C21H24O5. The molecule has 0 heterocycles. The maximum atomic E-state index is 12.3. The van der Waals surface area contributed by atoms with Crippen molar-refractivity contribution in [2.24, 2.45) is 5.92 Å². The zero-order chi connectivity index (χ0) is 18.9. The first-order valence-electron chi connectivity index (χ1n) is 8.71. The van der Waals surface area contributed by atoms with Gasteiger partial charge >= 0.3 is 11.9 Å². The number of esters is 2. The number of carbonyl (C=O) groups excluding carboxylic acids is 2. The molecule has 2 aromatic carbocycles. The van der Waals surface area contributed by atoms with Gasteiger partial charge in [0, 0.05) is 0 Å². The molecule has 0 spiro atoms. The molecule has 0 aliphatic carbocycles. The number of hydrogen-bond donors (Lipinski definition) is 0. The van der Waals surface area contributed by atoms with Gasteiger partial charge in [0.05, 0.1) is 24.3 Å². The molecule has 5 nitrogen and oxygen atoms in total. The van der Waals surface area contributed by atoms with Crippen LogP contribution >= 0.6 is 0 Å². The predicted octanol–water partition coefficient (Wildman–Crippen LogP) is 4.51. The number of ether oxygens (including phenoxy) is 3. The minimum absolute atomic E-state index is 0.286. The number of carbonyl (C=O) groups is 2. The Balaban J connectivity index is 1.97. The van der Waals surface area contributed by atoms with Gasteiger partial charge in [0.1, 0.15) is 11.5 Å². The Bertz CT molecular complexity index is 734. The summed E-state index contributed by atoms with van der Waals surface area (Å²) in [5.41, 5.74) is 0.744. The van der Waals surface area contributed by atoms with Crippen LogP contribution < -0.4 is 9.47 Å². The third-order valence-electron chi connectivity index (χ3n) is 3.61. The summed E-state index contributed by atoms with van der Waals surface area (Å²) in [5.74, 6) is 0.631. The molecule has 0 amide bonds. The molecule has 0 aliphatic heterocycles. The summed E-state index contributed by atoms with van der Waals surface area (Å²) in [6.45, 7) is 6.94. The van der Waals surface area contributed by atoms with Gasteiger partial charge in [0.15, 0.2) is 0 Å². The molecule has 5 heteroatoms. The van der Waals surface area contributed by atoms with Crippen LogP contribution in [-0.4, -0.2) is 25.2 Å². The van der Waals surface area contributed by atoms with Crippen LogP contribution in [-0.2, 0) is 4.74 Å². The molecule has 0 aliphatic rings. The topological polar surface area (TPSA) is 61.8 Å². The van der Waals surface area contributed by atoms with E-state index in [0.29, 0.717) is 29.4 Å². The third kappa shape index (κ3) is 5.92. The summed E-state index contributed by atoms with van der Waals surface area (Å²) in [4.78, 5) is 24.0. The van der Waals surface area contributed by atoms with Crippen molar-refractivity contribution in [2.45, 2.75) is 27.2 Å². The number of benzene rings is 2. The fourth-order valence-corrected chi connectivity index (χ4v) is 2.17. The maximum absolute atomic E-state index is 12.3. The second-order valence-corrected chi connectivity index (χ2v) is 6.19. The summed E-state index contributed by atoms with van der Waals surface area (Å²) >= 11 is 0. The lowest BCUT2D eigenvalue weighted by atomic mass is 10.1. The molecule has 138 valence electrons. The summed E-state index contributed by atoms with van der Waals surface area (Å²) in [7, 11) is 0.